The zero-order chi connectivity index (χ0) is 17.8. The second-order valence-electron chi connectivity index (χ2n) is 5.28. The number of methoxy groups -OCH3 is 1. The summed E-state index contributed by atoms with van der Waals surface area (Å²) in [6.45, 7) is 0. The monoisotopic (exact) mass is 352 g/mol. The van der Waals surface area contributed by atoms with E-state index in [9.17, 15) is 9.59 Å². The van der Waals surface area contributed by atoms with Crippen LogP contribution in [0.3, 0.4) is 0 Å². The lowest BCUT2D eigenvalue weighted by atomic mass is 10.0. The Morgan fingerprint density at radius 2 is 1.56 bits per heavy atom. The first kappa shape index (κ1) is 17.0. The predicted octanol–water partition coefficient (Wildman–Crippen LogP) is 4.48. The van der Waals surface area contributed by atoms with Gasteiger partial charge >= 0.3 is 11.6 Å². The van der Waals surface area contributed by atoms with Crippen LogP contribution in [0.1, 0.15) is 10.4 Å². The number of hydrogen-bond donors (Lipinski definition) is 0. The van der Waals surface area contributed by atoms with E-state index in [1.807, 2.05) is 54.6 Å². The van der Waals surface area contributed by atoms with Crippen molar-refractivity contribution in [3.63, 3.8) is 0 Å². The largest absolute Gasteiger partial charge is 0.465 e. The maximum Gasteiger partial charge on any atom is 0.352 e. The third kappa shape index (κ3) is 3.51. The fraction of sp³-hybridized carbons (Fsp3) is 0.100. The second kappa shape index (κ2) is 7.40. The van der Waals surface area contributed by atoms with E-state index in [0.29, 0.717) is 10.7 Å². The molecule has 0 fully saturated rings. The molecule has 0 saturated carbocycles. The first-order chi connectivity index (χ1) is 12.1. The Bertz CT molecular complexity index is 944. The molecule has 0 unspecified atom stereocenters. The Labute approximate surface area is 149 Å². The summed E-state index contributed by atoms with van der Waals surface area (Å²) >= 11 is 1.30. The molecule has 3 aromatic rings. The molecule has 1 heterocycles. The summed E-state index contributed by atoms with van der Waals surface area (Å²) in [6.07, 6.45) is 1.80. The van der Waals surface area contributed by atoms with Crippen LogP contribution in [0.4, 0.5) is 0 Å². The van der Waals surface area contributed by atoms with Gasteiger partial charge in [-0.3, -0.25) is 0 Å². The van der Waals surface area contributed by atoms with Crippen LogP contribution in [-0.2, 0) is 4.74 Å². The molecule has 126 valence electrons. The average molecular weight is 352 g/mol. The third-order valence-corrected chi connectivity index (χ3v) is 4.56. The minimum atomic E-state index is -0.694. The van der Waals surface area contributed by atoms with E-state index in [1.165, 1.54) is 18.9 Å². The summed E-state index contributed by atoms with van der Waals surface area (Å²) in [7, 11) is 1.24. The summed E-state index contributed by atoms with van der Waals surface area (Å²) in [5, 5.41) is 0. The number of carbonyl (C=O) groups excluding carboxylic acids is 1. The predicted molar refractivity (Wildman–Crippen MR) is 99.0 cm³/mol. The minimum absolute atomic E-state index is 0.0698. The van der Waals surface area contributed by atoms with E-state index >= 15 is 0 Å². The molecule has 0 amide bonds. The van der Waals surface area contributed by atoms with Gasteiger partial charge in [-0.2, -0.15) is 0 Å². The topological polar surface area (TPSA) is 56.5 Å². The second-order valence-corrected chi connectivity index (χ2v) is 6.12. The molecule has 0 aliphatic heterocycles. The quantitative estimate of drug-likeness (QED) is 0.512. The normalized spacial score (nSPS) is 10.5. The molecule has 3 rings (SSSR count). The average Bonchev–Trinajstić information content (AvgIpc) is 2.67. The van der Waals surface area contributed by atoms with Gasteiger partial charge in [-0.25, -0.2) is 9.59 Å². The third-order valence-electron chi connectivity index (χ3n) is 3.80. The Hall–Kier alpha value is -2.79. The van der Waals surface area contributed by atoms with Crippen molar-refractivity contribution in [1.82, 2.24) is 0 Å². The standard InChI is InChI=1S/C20H16O4S/c1-23-19(21)18-17(25-2)12-16(24-20(18)22)15-10-8-14(9-11-15)13-6-4-3-5-7-13/h3-12H,1-2H3. The van der Waals surface area contributed by atoms with Gasteiger partial charge in [-0.1, -0.05) is 54.6 Å². The smallest absolute Gasteiger partial charge is 0.352 e. The molecule has 0 radical (unpaired) electrons. The molecular weight excluding hydrogens is 336 g/mol. The van der Waals surface area contributed by atoms with Crippen LogP contribution in [-0.4, -0.2) is 19.3 Å². The maximum absolute atomic E-state index is 12.2. The van der Waals surface area contributed by atoms with Crippen molar-refractivity contribution in [3.8, 4) is 22.5 Å². The van der Waals surface area contributed by atoms with Gasteiger partial charge in [-0.15, -0.1) is 11.8 Å². The van der Waals surface area contributed by atoms with Gasteiger partial charge in [0.1, 0.15) is 5.76 Å². The molecule has 0 atom stereocenters. The van der Waals surface area contributed by atoms with E-state index in [0.717, 1.165) is 16.7 Å². The van der Waals surface area contributed by atoms with E-state index < -0.39 is 11.6 Å². The van der Waals surface area contributed by atoms with Crippen LogP contribution in [0.5, 0.6) is 0 Å². The zero-order valence-corrected chi connectivity index (χ0v) is 14.6. The first-order valence-electron chi connectivity index (χ1n) is 7.60. The molecule has 1 aromatic heterocycles. The highest BCUT2D eigenvalue weighted by atomic mass is 32.2. The van der Waals surface area contributed by atoms with Gasteiger partial charge in [0.2, 0.25) is 0 Å². The van der Waals surface area contributed by atoms with Gasteiger partial charge in [0.15, 0.2) is 5.56 Å². The Morgan fingerprint density at radius 1 is 0.960 bits per heavy atom. The van der Waals surface area contributed by atoms with Gasteiger partial charge in [0, 0.05) is 10.5 Å². The van der Waals surface area contributed by atoms with Crippen LogP contribution in [0.25, 0.3) is 22.5 Å². The van der Waals surface area contributed by atoms with Crippen LogP contribution in [0, 0.1) is 0 Å². The molecule has 0 bridgehead atoms. The molecule has 0 aliphatic carbocycles. The number of thioether (sulfide) groups is 1. The van der Waals surface area contributed by atoms with E-state index in [-0.39, 0.29) is 5.56 Å². The fourth-order valence-corrected chi connectivity index (χ4v) is 3.11. The number of esters is 1. The van der Waals surface area contributed by atoms with Crippen molar-refractivity contribution < 1.29 is 13.9 Å². The molecule has 0 saturated heterocycles. The number of rotatable bonds is 4. The van der Waals surface area contributed by atoms with Gasteiger partial charge in [0.25, 0.3) is 0 Å². The van der Waals surface area contributed by atoms with Crippen LogP contribution in [0.15, 0.2) is 74.8 Å². The Balaban J connectivity index is 2.01. The van der Waals surface area contributed by atoms with Crippen molar-refractivity contribution in [2.24, 2.45) is 0 Å². The lowest BCUT2D eigenvalue weighted by molar-refractivity contribution is 0.0591. The SMILES string of the molecule is COC(=O)c1c(SC)cc(-c2ccc(-c3ccccc3)cc2)oc1=O. The zero-order valence-electron chi connectivity index (χ0n) is 13.8. The highest BCUT2D eigenvalue weighted by molar-refractivity contribution is 7.98. The lowest BCUT2D eigenvalue weighted by Gasteiger charge is -2.08. The molecule has 25 heavy (non-hydrogen) atoms. The molecular formula is C20H16O4S. The molecule has 0 spiro atoms. The van der Waals surface area contributed by atoms with E-state index in [2.05, 4.69) is 4.74 Å². The fourth-order valence-electron chi connectivity index (χ4n) is 2.52. The van der Waals surface area contributed by atoms with Crippen LogP contribution < -0.4 is 5.63 Å². The highest BCUT2D eigenvalue weighted by Gasteiger charge is 2.20. The summed E-state index contributed by atoms with van der Waals surface area (Å²) in [6, 6.07) is 19.4. The minimum Gasteiger partial charge on any atom is -0.465 e. The molecule has 4 nitrogen and oxygen atoms in total. The number of hydrogen-bond acceptors (Lipinski definition) is 5. The Morgan fingerprint density at radius 3 is 2.16 bits per heavy atom. The van der Waals surface area contributed by atoms with Crippen LogP contribution >= 0.6 is 11.8 Å². The molecule has 5 heteroatoms. The van der Waals surface area contributed by atoms with Crippen LogP contribution in [0.2, 0.25) is 0 Å². The van der Waals surface area contributed by atoms with Crippen molar-refractivity contribution in [2.75, 3.05) is 13.4 Å². The molecule has 0 aliphatic rings. The van der Waals surface area contributed by atoms with Crippen molar-refractivity contribution in [1.29, 1.82) is 0 Å². The maximum atomic E-state index is 12.2. The number of ether oxygens (including phenoxy) is 1. The first-order valence-corrected chi connectivity index (χ1v) is 8.83. The number of carbonyl (C=O) groups is 1. The number of benzene rings is 2. The van der Waals surface area contributed by atoms with Gasteiger partial charge in [0.05, 0.1) is 7.11 Å². The summed E-state index contributed by atoms with van der Waals surface area (Å²) < 4.78 is 9.99. The van der Waals surface area contributed by atoms with Crippen molar-refractivity contribution in [3.05, 3.63) is 76.6 Å². The summed E-state index contributed by atoms with van der Waals surface area (Å²) in [5.41, 5.74) is 2.19. The van der Waals surface area contributed by atoms with Gasteiger partial charge in [-0.05, 0) is 23.4 Å². The molecule has 2 aromatic carbocycles. The van der Waals surface area contributed by atoms with E-state index in [1.54, 1.807) is 12.3 Å². The highest BCUT2D eigenvalue weighted by Crippen LogP contribution is 2.28. The van der Waals surface area contributed by atoms with Gasteiger partial charge < -0.3 is 9.15 Å². The van der Waals surface area contributed by atoms with Crippen molar-refractivity contribution >= 4 is 17.7 Å². The lowest BCUT2D eigenvalue weighted by Crippen LogP contribution is -2.17. The van der Waals surface area contributed by atoms with Crippen molar-refractivity contribution in [2.45, 2.75) is 4.90 Å². The van der Waals surface area contributed by atoms with E-state index in [4.69, 9.17) is 4.42 Å². The summed E-state index contributed by atoms with van der Waals surface area (Å²) in [4.78, 5) is 24.5. The Kier molecular flexibility index (Phi) is 5.05. The summed E-state index contributed by atoms with van der Waals surface area (Å²) in [5.74, 6) is -0.273. The molecule has 0 N–H and O–H groups in total.